The van der Waals surface area contributed by atoms with Gasteiger partial charge in [0, 0.05) is 31.3 Å². The lowest BCUT2D eigenvalue weighted by Gasteiger charge is -2.25. The molecule has 1 atom stereocenters. The number of halogens is 1. The van der Waals surface area contributed by atoms with Gasteiger partial charge in [-0.1, -0.05) is 11.6 Å². The molecule has 122 valence electrons. The Labute approximate surface area is 135 Å². The van der Waals surface area contributed by atoms with Crippen LogP contribution in [0.4, 0.5) is 0 Å². The van der Waals surface area contributed by atoms with Crippen LogP contribution >= 0.6 is 11.6 Å². The second kappa shape index (κ2) is 6.42. The molecule has 1 fully saturated rings. The van der Waals surface area contributed by atoms with Gasteiger partial charge in [-0.15, -0.1) is 0 Å². The molecule has 1 aliphatic rings. The third kappa shape index (κ3) is 3.52. The van der Waals surface area contributed by atoms with Crippen molar-refractivity contribution in [2.45, 2.75) is 26.3 Å². The number of sulfone groups is 1. The normalized spacial score (nSPS) is 20.6. The lowest BCUT2D eigenvalue weighted by atomic mass is 10.2. The van der Waals surface area contributed by atoms with Gasteiger partial charge in [-0.2, -0.15) is 5.10 Å². The van der Waals surface area contributed by atoms with Crippen LogP contribution in [0.3, 0.4) is 0 Å². The fraction of sp³-hybridized carbons (Fsp3) is 0.571. The monoisotopic (exact) mass is 345 g/mol. The lowest BCUT2D eigenvalue weighted by Crippen LogP contribution is -2.40. The zero-order valence-electron chi connectivity index (χ0n) is 12.9. The van der Waals surface area contributed by atoms with Gasteiger partial charge < -0.3 is 4.90 Å². The molecule has 1 aromatic heterocycles. The van der Waals surface area contributed by atoms with Crippen molar-refractivity contribution in [3.05, 3.63) is 22.5 Å². The molecule has 0 saturated carbocycles. The van der Waals surface area contributed by atoms with Crippen molar-refractivity contribution in [1.82, 2.24) is 14.7 Å². The van der Waals surface area contributed by atoms with Crippen molar-refractivity contribution in [1.29, 1.82) is 0 Å². The van der Waals surface area contributed by atoms with E-state index in [1.807, 2.05) is 13.8 Å². The number of rotatable bonds is 4. The highest BCUT2D eigenvalue weighted by Gasteiger charge is 2.33. The molecule has 2 heterocycles. The minimum Gasteiger partial charge on any atom is -0.335 e. The van der Waals surface area contributed by atoms with Crippen LogP contribution in [0.25, 0.3) is 6.08 Å². The van der Waals surface area contributed by atoms with E-state index < -0.39 is 9.84 Å². The summed E-state index contributed by atoms with van der Waals surface area (Å²) in [5, 5.41) is 4.65. The molecule has 0 aliphatic carbocycles. The van der Waals surface area contributed by atoms with Crippen molar-refractivity contribution in [3.63, 3.8) is 0 Å². The Morgan fingerprint density at radius 3 is 2.68 bits per heavy atom. The maximum Gasteiger partial charge on any atom is 0.246 e. The summed E-state index contributed by atoms with van der Waals surface area (Å²) < 4.78 is 24.7. The Balaban J connectivity index is 2.14. The molecule has 1 unspecified atom stereocenters. The van der Waals surface area contributed by atoms with E-state index in [0.29, 0.717) is 23.7 Å². The minimum atomic E-state index is -3.01. The average molecular weight is 346 g/mol. The Kier molecular flexibility index (Phi) is 4.97. The summed E-state index contributed by atoms with van der Waals surface area (Å²) in [4.78, 5) is 13.9. The highest BCUT2D eigenvalue weighted by atomic mass is 35.5. The first-order chi connectivity index (χ1) is 10.2. The van der Waals surface area contributed by atoms with Gasteiger partial charge in [-0.25, -0.2) is 8.42 Å². The predicted molar refractivity (Wildman–Crippen MR) is 86.4 cm³/mol. The quantitative estimate of drug-likeness (QED) is 0.774. The molecular formula is C14H20ClN3O3S. The third-order valence-corrected chi connectivity index (χ3v) is 6.06. The second-order valence-corrected chi connectivity index (χ2v) is 8.01. The first kappa shape index (κ1) is 17.0. The van der Waals surface area contributed by atoms with Crippen LogP contribution < -0.4 is 0 Å². The van der Waals surface area contributed by atoms with Crippen molar-refractivity contribution in [2.24, 2.45) is 7.05 Å². The largest absolute Gasteiger partial charge is 0.335 e. The molecule has 0 N–H and O–H groups in total. The summed E-state index contributed by atoms with van der Waals surface area (Å²) in [6.07, 6.45) is 3.58. The van der Waals surface area contributed by atoms with Gasteiger partial charge in [-0.05, 0) is 26.3 Å². The van der Waals surface area contributed by atoms with Crippen LogP contribution in [-0.4, -0.2) is 53.1 Å². The van der Waals surface area contributed by atoms with Crippen LogP contribution in [0.5, 0.6) is 0 Å². The number of amides is 1. The summed E-state index contributed by atoms with van der Waals surface area (Å²) in [6.45, 7) is 4.14. The number of carbonyl (C=O) groups is 1. The summed E-state index contributed by atoms with van der Waals surface area (Å²) in [7, 11) is -1.28. The lowest BCUT2D eigenvalue weighted by molar-refractivity contribution is -0.127. The summed E-state index contributed by atoms with van der Waals surface area (Å²) in [5.74, 6) is -0.00451. The van der Waals surface area contributed by atoms with Gasteiger partial charge in [0.2, 0.25) is 5.91 Å². The first-order valence-electron chi connectivity index (χ1n) is 7.13. The van der Waals surface area contributed by atoms with E-state index >= 15 is 0 Å². The SMILES string of the molecule is CCN(C(=O)/C=C/c1c(C)nn(C)c1Cl)C1CCS(=O)(=O)C1. The zero-order valence-corrected chi connectivity index (χ0v) is 14.5. The van der Waals surface area contributed by atoms with E-state index in [1.165, 1.54) is 6.08 Å². The molecule has 0 radical (unpaired) electrons. The number of aryl methyl sites for hydroxylation is 2. The topological polar surface area (TPSA) is 72.3 Å². The van der Waals surface area contributed by atoms with Crippen LogP contribution in [0, 0.1) is 6.92 Å². The smallest absolute Gasteiger partial charge is 0.246 e. The fourth-order valence-electron chi connectivity index (χ4n) is 2.70. The third-order valence-electron chi connectivity index (χ3n) is 3.86. The van der Waals surface area contributed by atoms with Crippen molar-refractivity contribution in [2.75, 3.05) is 18.1 Å². The number of likely N-dealkylation sites (N-methyl/N-ethyl adjacent to an activating group) is 1. The number of nitrogens with zero attached hydrogens (tertiary/aromatic N) is 3. The summed E-state index contributed by atoms with van der Waals surface area (Å²) in [6, 6.07) is -0.238. The molecule has 6 nitrogen and oxygen atoms in total. The van der Waals surface area contributed by atoms with E-state index in [-0.39, 0.29) is 23.5 Å². The standard InChI is InChI=1S/C14H20ClN3O3S/c1-4-18(11-7-8-22(20,21)9-11)13(19)6-5-12-10(2)16-17(3)14(12)15/h5-6,11H,4,7-9H2,1-3H3/b6-5+. The van der Waals surface area contributed by atoms with Gasteiger partial charge in [0.15, 0.2) is 9.84 Å². The Hall–Kier alpha value is -1.34. The molecule has 0 aromatic carbocycles. The van der Waals surface area contributed by atoms with Crippen LogP contribution in [0.1, 0.15) is 24.6 Å². The van der Waals surface area contributed by atoms with E-state index in [1.54, 1.807) is 22.7 Å². The highest BCUT2D eigenvalue weighted by molar-refractivity contribution is 7.91. The van der Waals surface area contributed by atoms with Crippen LogP contribution in [0.2, 0.25) is 5.15 Å². The van der Waals surface area contributed by atoms with Crippen LogP contribution in [-0.2, 0) is 21.7 Å². The molecule has 0 spiro atoms. The van der Waals surface area contributed by atoms with E-state index in [9.17, 15) is 13.2 Å². The number of carbonyl (C=O) groups excluding carboxylic acids is 1. The van der Waals surface area contributed by atoms with Crippen molar-refractivity contribution >= 4 is 33.4 Å². The van der Waals surface area contributed by atoms with E-state index in [4.69, 9.17) is 11.6 Å². The number of aromatic nitrogens is 2. The predicted octanol–water partition coefficient (Wildman–Crippen LogP) is 1.43. The molecule has 1 aliphatic heterocycles. The molecule has 1 saturated heterocycles. The van der Waals surface area contributed by atoms with Gasteiger partial charge in [0.05, 0.1) is 17.2 Å². The summed E-state index contributed by atoms with van der Waals surface area (Å²) in [5.41, 5.74) is 1.44. The molecule has 2 rings (SSSR count). The Morgan fingerprint density at radius 1 is 1.55 bits per heavy atom. The van der Waals surface area contributed by atoms with Gasteiger partial charge in [0.25, 0.3) is 0 Å². The van der Waals surface area contributed by atoms with E-state index in [0.717, 1.165) is 5.69 Å². The number of hydrogen-bond acceptors (Lipinski definition) is 4. The summed E-state index contributed by atoms with van der Waals surface area (Å²) >= 11 is 6.12. The van der Waals surface area contributed by atoms with Crippen molar-refractivity contribution < 1.29 is 13.2 Å². The molecule has 1 amide bonds. The average Bonchev–Trinajstić information content (AvgIpc) is 2.90. The minimum absolute atomic E-state index is 0.0487. The second-order valence-electron chi connectivity index (χ2n) is 5.43. The maximum atomic E-state index is 12.3. The zero-order chi connectivity index (χ0) is 16.5. The Bertz CT molecular complexity index is 709. The fourth-order valence-corrected chi connectivity index (χ4v) is 4.67. The maximum absolute atomic E-state index is 12.3. The highest BCUT2D eigenvalue weighted by Crippen LogP contribution is 2.21. The number of hydrogen-bond donors (Lipinski definition) is 0. The molecule has 0 bridgehead atoms. The molecule has 1 aromatic rings. The molecule has 22 heavy (non-hydrogen) atoms. The van der Waals surface area contributed by atoms with Crippen LogP contribution in [0.15, 0.2) is 6.08 Å². The van der Waals surface area contributed by atoms with Crippen molar-refractivity contribution in [3.8, 4) is 0 Å². The molecular weight excluding hydrogens is 326 g/mol. The molecule has 8 heteroatoms. The van der Waals surface area contributed by atoms with Gasteiger partial charge >= 0.3 is 0 Å². The first-order valence-corrected chi connectivity index (χ1v) is 9.33. The van der Waals surface area contributed by atoms with E-state index in [2.05, 4.69) is 5.10 Å². The van der Waals surface area contributed by atoms with Gasteiger partial charge in [0.1, 0.15) is 5.15 Å². The van der Waals surface area contributed by atoms with Gasteiger partial charge in [-0.3, -0.25) is 9.48 Å². The Morgan fingerprint density at radius 2 is 2.23 bits per heavy atom.